The van der Waals surface area contributed by atoms with Crippen LogP contribution in [-0.4, -0.2) is 17.1 Å². The van der Waals surface area contributed by atoms with Crippen LogP contribution in [0.5, 0.6) is 0 Å². The van der Waals surface area contributed by atoms with Crippen molar-refractivity contribution < 1.29 is 14.0 Å². The molecule has 0 bridgehead atoms. The van der Waals surface area contributed by atoms with Gasteiger partial charge in [0.15, 0.2) is 0 Å². The van der Waals surface area contributed by atoms with E-state index in [1.807, 2.05) is 0 Å². The van der Waals surface area contributed by atoms with E-state index >= 15 is 0 Å². The second-order valence-electron chi connectivity index (χ2n) is 5.60. The van der Waals surface area contributed by atoms with Crippen LogP contribution >= 0.6 is 11.8 Å². The number of carbonyl (C=O) groups is 2. The summed E-state index contributed by atoms with van der Waals surface area (Å²) in [4.78, 5) is 26.0. The molecule has 0 unspecified atom stereocenters. The van der Waals surface area contributed by atoms with Gasteiger partial charge < -0.3 is 5.73 Å². The van der Waals surface area contributed by atoms with Gasteiger partial charge in [-0.15, -0.1) is 0 Å². The highest BCUT2D eigenvalue weighted by atomic mass is 32.2. The SMILES string of the molecule is N#C/C(C(N)=O)=C1\S[C@@H](Cc2ccc(F)cc2)C(=O)N1c1ccccc1. The Morgan fingerprint density at radius 2 is 1.85 bits per heavy atom. The summed E-state index contributed by atoms with van der Waals surface area (Å²) >= 11 is 1.12. The molecule has 26 heavy (non-hydrogen) atoms. The van der Waals surface area contributed by atoms with E-state index < -0.39 is 11.2 Å². The second kappa shape index (κ2) is 7.42. The number of primary amides is 1. The molecule has 1 aliphatic rings. The van der Waals surface area contributed by atoms with Gasteiger partial charge in [-0.1, -0.05) is 42.1 Å². The Bertz CT molecular complexity index is 920. The van der Waals surface area contributed by atoms with E-state index in [1.165, 1.54) is 17.0 Å². The van der Waals surface area contributed by atoms with Crippen LogP contribution in [0.15, 0.2) is 65.2 Å². The Morgan fingerprint density at radius 1 is 1.19 bits per heavy atom. The molecule has 1 heterocycles. The molecule has 0 spiro atoms. The van der Waals surface area contributed by atoms with Gasteiger partial charge in [0.25, 0.3) is 5.91 Å². The lowest BCUT2D eigenvalue weighted by atomic mass is 10.1. The predicted octanol–water partition coefficient (Wildman–Crippen LogP) is 2.74. The molecule has 7 heteroatoms. The summed E-state index contributed by atoms with van der Waals surface area (Å²) in [7, 11) is 0. The van der Waals surface area contributed by atoms with Gasteiger partial charge >= 0.3 is 0 Å². The van der Waals surface area contributed by atoms with Crippen molar-refractivity contribution in [3.05, 3.63) is 76.6 Å². The van der Waals surface area contributed by atoms with Gasteiger partial charge in [0.2, 0.25) is 5.91 Å². The van der Waals surface area contributed by atoms with Crippen LogP contribution in [0.1, 0.15) is 5.56 Å². The summed E-state index contributed by atoms with van der Waals surface area (Å²) in [5.41, 5.74) is 6.39. The monoisotopic (exact) mass is 367 g/mol. The molecule has 2 aromatic carbocycles. The molecule has 1 atom stereocenters. The first-order chi connectivity index (χ1) is 12.5. The highest BCUT2D eigenvalue weighted by Gasteiger charge is 2.40. The van der Waals surface area contributed by atoms with Crippen molar-refractivity contribution in [1.29, 1.82) is 5.26 Å². The molecular weight excluding hydrogens is 353 g/mol. The van der Waals surface area contributed by atoms with E-state index in [0.29, 0.717) is 12.1 Å². The van der Waals surface area contributed by atoms with Crippen LogP contribution in [0.25, 0.3) is 0 Å². The fourth-order valence-electron chi connectivity index (χ4n) is 2.65. The summed E-state index contributed by atoms with van der Waals surface area (Å²) in [6, 6.07) is 16.4. The first kappa shape index (κ1) is 17.7. The normalized spacial score (nSPS) is 18.5. The molecule has 1 fully saturated rings. The number of rotatable bonds is 4. The maximum absolute atomic E-state index is 13.1. The van der Waals surface area contributed by atoms with Crippen molar-refractivity contribution in [2.24, 2.45) is 5.73 Å². The van der Waals surface area contributed by atoms with Gasteiger partial charge in [-0.05, 0) is 36.2 Å². The smallest absolute Gasteiger partial charge is 0.262 e. The molecule has 0 saturated carbocycles. The fraction of sp³-hybridized carbons (Fsp3) is 0.105. The molecule has 0 radical (unpaired) electrons. The van der Waals surface area contributed by atoms with Gasteiger partial charge in [0.05, 0.1) is 5.25 Å². The zero-order valence-electron chi connectivity index (χ0n) is 13.6. The number of amides is 2. The highest BCUT2D eigenvalue weighted by molar-refractivity contribution is 8.05. The number of nitrogens with zero attached hydrogens (tertiary/aromatic N) is 2. The first-order valence-electron chi connectivity index (χ1n) is 7.75. The predicted molar refractivity (Wildman–Crippen MR) is 97.2 cm³/mol. The quantitative estimate of drug-likeness (QED) is 0.665. The minimum Gasteiger partial charge on any atom is -0.365 e. The Labute approximate surface area is 153 Å². The number of anilines is 1. The van der Waals surface area contributed by atoms with E-state index in [1.54, 1.807) is 48.5 Å². The zero-order valence-corrected chi connectivity index (χ0v) is 14.4. The van der Waals surface area contributed by atoms with Gasteiger partial charge in [-0.2, -0.15) is 5.26 Å². The van der Waals surface area contributed by atoms with Crippen molar-refractivity contribution in [2.75, 3.05) is 4.90 Å². The minimum absolute atomic E-state index is 0.225. The first-order valence-corrected chi connectivity index (χ1v) is 8.63. The molecule has 3 rings (SSSR count). The maximum Gasteiger partial charge on any atom is 0.262 e. The number of benzene rings is 2. The Hall–Kier alpha value is -3.11. The minimum atomic E-state index is -0.883. The maximum atomic E-state index is 13.1. The number of nitriles is 1. The standard InChI is InChI=1S/C19H14FN3O2S/c20-13-8-6-12(7-9-13)10-16-18(25)23(14-4-2-1-3-5-14)19(26-16)15(11-21)17(22)24/h1-9,16H,10H2,(H2,22,24)/b19-15+/t16-/m0/s1. The number of para-hydroxylation sites is 1. The van der Waals surface area contributed by atoms with E-state index in [-0.39, 0.29) is 22.3 Å². The van der Waals surface area contributed by atoms with Crippen molar-refractivity contribution >= 4 is 29.3 Å². The number of nitrogens with two attached hydrogens (primary N) is 1. The largest absolute Gasteiger partial charge is 0.365 e. The Balaban J connectivity index is 2.00. The molecule has 1 aliphatic heterocycles. The van der Waals surface area contributed by atoms with Crippen LogP contribution in [0.4, 0.5) is 10.1 Å². The van der Waals surface area contributed by atoms with Gasteiger partial charge in [0, 0.05) is 5.69 Å². The van der Waals surface area contributed by atoms with Crippen LogP contribution in [0, 0.1) is 17.1 Å². The van der Waals surface area contributed by atoms with Crippen LogP contribution in [0.3, 0.4) is 0 Å². The molecule has 0 aromatic heterocycles. The topological polar surface area (TPSA) is 87.2 Å². The number of thioether (sulfide) groups is 1. The number of carbonyl (C=O) groups excluding carboxylic acids is 2. The average molecular weight is 367 g/mol. The summed E-state index contributed by atoms with van der Waals surface area (Å²) in [5.74, 6) is -1.49. The van der Waals surface area contributed by atoms with E-state index in [4.69, 9.17) is 5.73 Å². The summed E-state index contributed by atoms with van der Waals surface area (Å²) in [6.45, 7) is 0. The Morgan fingerprint density at radius 3 is 2.42 bits per heavy atom. The van der Waals surface area contributed by atoms with Crippen molar-refractivity contribution in [3.63, 3.8) is 0 Å². The summed E-state index contributed by atoms with van der Waals surface area (Å²) in [6.07, 6.45) is 0.341. The summed E-state index contributed by atoms with van der Waals surface area (Å²) in [5, 5.41) is 8.99. The molecule has 1 saturated heterocycles. The lowest BCUT2D eigenvalue weighted by Crippen LogP contribution is -2.30. The molecular formula is C19H14FN3O2S. The second-order valence-corrected chi connectivity index (χ2v) is 6.79. The Kier molecular flexibility index (Phi) is 5.05. The molecule has 2 N–H and O–H groups in total. The van der Waals surface area contributed by atoms with Gasteiger partial charge in [-0.25, -0.2) is 4.39 Å². The highest BCUT2D eigenvalue weighted by Crippen LogP contribution is 2.41. The van der Waals surface area contributed by atoms with Crippen LogP contribution in [0.2, 0.25) is 0 Å². The van der Waals surface area contributed by atoms with Crippen molar-refractivity contribution in [2.45, 2.75) is 11.7 Å². The van der Waals surface area contributed by atoms with Crippen molar-refractivity contribution in [1.82, 2.24) is 0 Å². The average Bonchev–Trinajstić information content (AvgIpc) is 2.94. The van der Waals surface area contributed by atoms with Crippen LogP contribution < -0.4 is 10.6 Å². The molecule has 2 amide bonds. The fourth-order valence-corrected chi connectivity index (χ4v) is 3.96. The third-order valence-corrected chi connectivity index (χ3v) is 5.14. The molecule has 5 nitrogen and oxygen atoms in total. The summed E-state index contributed by atoms with van der Waals surface area (Å²) < 4.78 is 13.1. The zero-order chi connectivity index (χ0) is 18.7. The number of halogens is 1. The van der Waals surface area contributed by atoms with Gasteiger partial charge in [-0.3, -0.25) is 14.5 Å². The third-order valence-electron chi connectivity index (χ3n) is 3.87. The lowest BCUT2D eigenvalue weighted by Gasteiger charge is -2.18. The van der Waals surface area contributed by atoms with E-state index in [0.717, 1.165) is 17.3 Å². The third kappa shape index (κ3) is 3.46. The lowest BCUT2D eigenvalue weighted by molar-refractivity contribution is -0.117. The van der Waals surface area contributed by atoms with Crippen LogP contribution in [-0.2, 0) is 16.0 Å². The number of hydrogen-bond donors (Lipinski definition) is 1. The molecule has 2 aromatic rings. The van der Waals surface area contributed by atoms with E-state index in [2.05, 4.69) is 0 Å². The molecule has 0 aliphatic carbocycles. The van der Waals surface area contributed by atoms with E-state index in [9.17, 15) is 19.2 Å². The van der Waals surface area contributed by atoms with Gasteiger partial charge in [0.1, 0.15) is 22.5 Å². The molecule has 130 valence electrons. The number of hydrogen-bond acceptors (Lipinski definition) is 4. The van der Waals surface area contributed by atoms with Crippen molar-refractivity contribution in [3.8, 4) is 6.07 Å².